The first-order valence-corrected chi connectivity index (χ1v) is 5.31. The van der Waals surface area contributed by atoms with Crippen LogP contribution in [0.4, 0.5) is 5.69 Å². The zero-order valence-corrected chi connectivity index (χ0v) is 8.94. The Balaban J connectivity index is 2.31. The minimum absolute atomic E-state index is 0.266. The van der Waals surface area contributed by atoms with E-state index in [1.165, 1.54) is 0 Å². The monoisotopic (exact) mass is 201 g/mol. The average Bonchev–Trinajstić information content (AvgIpc) is 2.29. The molecule has 1 aliphatic heterocycles. The van der Waals surface area contributed by atoms with Crippen LogP contribution in [-0.2, 0) is 0 Å². The number of carbonyl (C=O) groups excluding carboxylic acids is 1. The lowest BCUT2D eigenvalue weighted by atomic mass is 10.0. The Morgan fingerprint density at radius 3 is 3.00 bits per heavy atom. The second kappa shape index (κ2) is 4.30. The van der Waals surface area contributed by atoms with Crippen molar-refractivity contribution in [3.8, 4) is 0 Å². The van der Waals surface area contributed by atoms with Gasteiger partial charge >= 0.3 is 0 Å². The summed E-state index contributed by atoms with van der Waals surface area (Å²) in [4.78, 5) is 13.9. The van der Waals surface area contributed by atoms with Crippen LogP contribution >= 0.6 is 0 Å². The standard InChI is InChI=1S/C13H15NO/c1-2-3-9-14-10-8-13(15)11-6-4-5-7-12(11)14/h2-7H,8-10H2,1H3/b3-2+. The number of anilines is 1. The highest BCUT2D eigenvalue weighted by atomic mass is 16.1. The van der Waals surface area contributed by atoms with Crippen LogP contribution in [0.1, 0.15) is 23.7 Å². The molecule has 1 aliphatic rings. The number of para-hydroxylation sites is 1. The molecule has 0 bridgehead atoms. The third-order valence-electron chi connectivity index (χ3n) is 2.72. The first-order chi connectivity index (χ1) is 7.33. The Morgan fingerprint density at radius 2 is 2.20 bits per heavy atom. The highest BCUT2D eigenvalue weighted by Crippen LogP contribution is 2.26. The number of ketones is 1. The second-order valence-electron chi connectivity index (χ2n) is 3.71. The number of carbonyl (C=O) groups is 1. The van der Waals surface area contributed by atoms with Gasteiger partial charge in [-0.1, -0.05) is 24.3 Å². The Kier molecular flexibility index (Phi) is 2.86. The maximum atomic E-state index is 11.7. The van der Waals surface area contributed by atoms with Crippen molar-refractivity contribution in [2.75, 3.05) is 18.0 Å². The summed E-state index contributed by atoms with van der Waals surface area (Å²) in [6.07, 6.45) is 4.79. The summed E-state index contributed by atoms with van der Waals surface area (Å²) in [5.41, 5.74) is 1.94. The number of hydrogen-bond donors (Lipinski definition) is 0. The molecule has 78 valence electrons. The lowest BCUT2D eigenvalue weighted by Gasteiger charge is -2.29. The SMILES string of the molecule is C/C=C/CN1CCC(=O)c2ccccc21. The van der Waals surface area contributed by atoms with Gasteiger partial charge < -0.3 is 4.90 Å². The molecule has 1 aromatic rings. The van der Waals surface area contributed by atoms with Gasteiger partial charge in [0.2, 0.25) is 0 Å². The molecule has 0 saturated carbocycles. The lowest BCUT2D eigenvalue weighted by molar-refractivity contribution is 0.0980. The maximum Gasteiger partial charge on any atom is 0.166 e. The first kappa shape index (κ1) is 9.97. The largest absolute Gasteiger partial charge is 0.367 e. The molecule has 1 aromatic carbocycles. The number of nitrogens with zero attached hydrogens (tertiary/aromatic N) is 1. The number of benzene rings is 1. The van der Waals surface area contributed by atoms with Gasteiger partial charge in [-0.25, -0.2) is 0 Å². The Hall–Kier alpha value is -1.57. The molecule has 1 heterocycles. The predicted octanol–water partition coefficient (Wildman–Crippen LogP) is 2.66. The average molecular weight is 201 g/mol. The third kappa shape index (κ3) is 1.94. The third-order valence-corrected chi connectivity index (χ3v) is 2.72. The molecule has 0 aliphatic carbocycles. The Morgan fingerprint density at radius 1 is 1.40 bits per heavy atom. The quantitative estimate of drug-likeness (QED) is 0.686. The van der Waals surface area contributed by atoms with Crippen molar-refractivity contribution in [3.05, 3.63) is 42.0 Å². The fourth-order valence-electron chi connectivity index (χ4n) is 1.90. The van der Waals surface area contributed by atoms with Gasteiger partial charge in [0.15, 0.2) is 5.78 Å². The molecule has 0 radical (unpaired) electrons. The van der Waals surface area contributed by atoms with Crippen molar-refractivity contribution in [1.82, 2.24) is 0 Å². The summed E-state index contributed by atoms with van der Waals surface area (Å²) in [5.74, 6) is 0.266. The van der Waals surface area contributed by atoms with Crippen LogP contribution in [-0.4, -0.2) is 18.9 Å². The highest BCUT2D eigenvalue weighted by Gasteiger charge is 2.21. The van der Waals surface area contributed by atoms with E-state index in [2.05, 4.69) is 11.0 Å². The topological polar surface area (TPSA) is 20.3 Å². The molecule has 0 atom stereocenters. The fraction of sp³-hybridized carbons (Fsp3) is 0.308. The van der Waals surface area contributed by atoms with Crippen LogP contribution in [0.25, 0.3) is 0 Å². The second-order valence-corrected chi connectivity index (χ2v) is 3.71. The minimum Gasteiger partial charge on any atom is -0.367 e. The maximum absolute atomic E-state index is 11.7. The van der Waals surface area contributed by atoms with Crippen LogP contribution < -0.4 is 4.90 Å². The molecular weight excluding hydrogens is 186 g/mol. The van der Waals surface area contributed by atoms with Crippen LogP contribution in [0.5, 0.6) is 0 Å². The van der Waals surface area contributed by atoms with Crippen LogP contribution in [0.15, 0.2) is 36.4 Å². The molecule has 0 N–H and O–H groups in total. The van der Waals surface area contributed by atoms with Crippen molar-refractivity contribution in [1.29, 1.82) is 0 Å². The number of fused-ring (bicyclic) bond motifs is 1. The van der Waals surface area contributed by atoms with Crippen molar-refractivity contribution >= 4 is 11.5 Å². The van der Waals surface area contributed by atoms with E-state index in [0.717, 1.165) is 24.3 Å². The van der Waals surface area contributed by atoms with E-state index in [9.17, 15) is 4.79 Å². The van der Waals surface area contributed by atoms with Gasteiger partial charge in [-0.2, -0.15) is 0 Å². The van der Waals surface area contributed by atoms with E-state index in [0.29, 0.717) is 6.42 Å². The summed E-state index contributed by atoms with van der Waals surface area (Å²) in [6.45, 7) is 3.74. The smallest absolute Gasteiger partial charge is 0.166 e. The van der Waals surface area contributed by atoms with Crippen LogP contribution in [0.2, 0.25) is 0 Å². The van der Waals surface area contributed by atoms with Gasteiger partial charge in [-0.15, -0.1) is 0 Å². The van der Waals surface area contributed by atoms with Crippen molar-refractivity contribution in [3.63, 3.8) is 0 Å². The molecule has 0 aromatic heterocycles. The summed E-state index contributed by atoms with van der Waals surface area (Å²) in [7, 11) is 0. The van der Waals surface area contributed by atoms with Gasteiger partial charge in [-0.05, 0) is 19.1 Å². The fourth-order valence-corrected chi connectivity index (χ4v) is 1.90. The molecule has 0 spiro atoms. The Labute approximate surface area is 90.2 Å². The van der Waals surface area contributed by atoms with Gasteiger partial charge in [0.1, 0.15) is 0 Å². The van der Waals surface area contributed by atoms with Crippen molar-refractivity contribution < 1.29 is 4.79 Å². The van der Waals surface area contributed by atoms with E-state index in [4.69, 9.17) is 0 Å². The first-order valence-electron chi connectivity index (χ1n) is 5.31. The molecular formula is C13H15NO. The van der Waals surface area contributed by atoms with E-state index in [1.807, 2.05) is 37.3 Å². The molecule has 2 nitrogen and oxygen atoms in total. The lowest BCUT2D eigenvalue weighted by Crippen LogP contribution is -2.32. The molecule has 15 heavy (non-hydrogen) atoms. The minimum atomic E-state index is 0.266. The number of hydrogen-bond acceptors (Lipinski definition) is 2. The van der Waals surface area contributed by atoms with E-state index in [1.54, 1.807) is 0 Å². The van der Waals surface area contributed by atoms with Crippen LogP contribution in [0, 0.1) is 0 Å². The molecule has 0 fully saturated rings. The van der Waals surface area contributed by atoms with E-state index >= 15 is 0 Å². The predicted molar refractivity (Wildman–Crippen MR) is 62.4 cm³/mol. The normalized spacial score (nSPS) is 15.8. The number of Topliss-reactive ketones (excluding diaryl/α,β-unsaturated/α-hetero) is 1. The summed E-state index contributed by atoms with van der Waals surface area (Å²) in [6, 6.07) is 7.85. The van der Waals surface area contributed by atoms with Crippen molar-refractivity contribution in [2.24, 2.45) is 0 Å². The molecule has 0 unspecified atom stereocenters. The Bertz CT molecular complexity index is 395. The summed E-state index contributed by atoms with van der Waals surface area (Å²) >= 11 is 0. The molecule has 2 heteroatoms. The highest BCUT2D eigenvalue weighted by molar-refractivity contribution is 6.03. The van der Waals surface area contributed by atoms with Gasteiger partial charge in [0.25, 0.3) is 0 Å². The van der Waals surface area contributed by atoms with Gasteiger partial charge in [0, 0.05) is 30.8 Å². The van der Waals surface area contributed by atoms with Crippen molar-refractivity contribution in [2.45, 2.75) is 13.3 Å². The zero-order valence-electron chi connectivity index (χ0n) is 8.94. The van der Waals surface area contributed by atoms with Gasteiger partial charge in [0.05, 0.1) is 0 Å². The van der Waals surface area contributed by atoms with E-state index in [-0.39, 0.29) is 5.78 Å². The zero-order chi connectivity index (χ0) is 10.7. The molecule has 0 saturated heterocycles. The molecule has 2 rings (SSSR count). The molecule has 0 amide bonds. The number of allylic oxidation sites excluding steroid dienone is 1. The number of rotatable bonds is 2. The summed E-state index contributed by atoms with van der Waals surface area (Å²) < 4.78 is 0. The van der Waals surface area contributed by atoms with Gasteiger partial charge in [-0.3, -0.25) is 4.79 Å². The van der Waals surface area contributed by atoms with E-state index < -0.39 is 0 Å². The van der Waals surface area contributed by atoms with Crippen LogP contribution in [0.3, 0.4) is 0 Å². The summed E-state index contributed by atoms with van der Waals surface area (Å²) in [5, 5.41) is 0.